The molecule has 33 heavy (non-hydrogen) atoms. The summed E-state index contributed by atoms with van der Waals surface area (Å²) < 4.78 is 25.3. The summed E-state index contributed by atoms with van der Waals surface area (Å²) in [6, 6.07) is 12.2. The van der Waals surface area contributed by atoms with Gasteiger partial charge in [-0.2, -0.15) is 0 Å². The highest BCUT2D eigenvalue weighted by Crippen LogP contribution is 2.21. The maximum Gasteiger partial charge on any atom is 0.346 e. The highest BCUT2D eigenvalue weighted by atomic mass is 19.1. The summed E-state index contributed by atoms with van der Waals surface area (Å²) in [6.07, 6.45) is 10.5. The van der Waals surface area contributed by atoms with E-state index in [1.807, 2.05) is 12.1 Å². The summed E-state index contributed by atoms with van der Waals surface area (Å²) in [5.74, 6) is -0.414. The van der Waals surface area contributed by atoms with Gasteiger partial charge in [0.25, 0.3) is 0 Å². The smallest absolute Gasteiger partial charge is 0.346 e. The third-order valence-corrected chi connectivity index (χ3v) is 5.27. The molecular weight excluding hydrogens is 419 g/mol. The summed E-state index contributed by atoms with van der Waals surface area (Å²) in [6.45, 7) is 4.83. The molecule has 0 amide bonds. The third-order valence-electron chi connectivity index (χ3n) is 5.27. The van der Waals surface area contributed by atoms with Crippen molar-refractivity contribution in [2.75, 3.05) is 6.61 Å². The number of rotatable bonds is 12. The molecule has 1 heterocycles. The van der Waals surface area contributed by atoms with Crippen LogP contribution in [-0.2, 0) is 6.42 Å². The molecule has 1 aromatic heterocycles. The Morgan fingerprint density at radius 3 is 2.27 bits per heavy atom. The average molecular weight is 451 g/mol. The van der Waals surface area contributed by atoms with E-state index in [4.69, 9.17) is 9.47 Å². The van der Waals surface area contributed by atoms with Gasteiger partial charge in [-0.1, -0.05) is 70.2 Å². The second kappa shape index (κ2) is 12.7. The number of nitrogens with zero attached hydrogens (tertiary/aromatic N) is 2. The van der Waals surface area contributed by atoms with Crippen molar-refractivity contribution in [3.8, 4) is 22.9 Å². The second-order valence-corrected chi connectivity index (χ2v) is 7.98. The van der Waals surface area contributed by atoms with Crippen molar-refractivity contribution in [3.63, 3.8) is 0 Å². The molecule has 0 saturated carbocycles. The zero-order valence-electron chi connectivity index (χ0n) is 19.4. The molecule has 174 valence electrons. The predicted octanol–water partition coefficient (Wildman–Crippen LogP) is 6.80. The molecule has 2 aromatic carbocycles. The lowest BCUT2D eigenvalue weighted by Crippen LogP contribution is -2.11. The van der Waals surface area contributed by atoms with Crippen molar-refractivity contribution in [1.82, 2.24) is 9.97 Å². The highest BCUT2D eigenvalue weighted by Gasteiger charge is 2.16. The Kier molecular flexibility index (Phi) is 9.36. The first-order valence-electron chi connectivity index (χ1n) is 11.7. The van der Waals surface area contributed by atoms with Crippen LogP contribution >= 0.6 is 0 Å². The number of hydrogen-bond donors (Lipinski definition) is 0. The molecule has 0 fully saturated rings. The first-order valence-corrected chi connectivity index (χ1v) is 11.7. The van der Waals surface area contributed by atoms with Gasteiger partial charge >= 0.3 is 5.97 Å². The third kappa shape index (κ3) is 7.38. The van der Waals surface area contributed by atoms with Crippen molar-refractivity contribution < 1.29 is 18.7 Å². The molecule has 0 aliphatic rings. The SMILES string of the molecule is CCCCCCCOc1ccc(C(=O)Oc2cnc(-c3ccc(CCC)cc3)nc2)c(F)c1. The summed E-state index contributed by atoms with van der Waals surface area (Å²) in [7, 11) is 0. The number of benzene rings is 2. The number of unbranched alkanes of at least 4 members (excludes halogenated alkanes) is 4. The maximum absolute atomic E-state index is 14.4. The fourth-order valence-corrected chi connectivity index (χ4v) is 3.44. The summed E-state index contributed by atoms with van der Waals surface area (Å²) >= 11 is 0. The molecule has 0 bridgehead atoms. The second-order valence-electron chi connectivity index (χ2n) is 7.98. The fraction of sp³-hybridized carbons (Fsp3) is 0.370. The number of carbonyl (C=O) groups is 1. The lowest BCUT2D eigenvalue weighted by Gasteiger charge is -2.09. The van der Waals surface area contributed by atoms with E-state index in [0.717, 1.165) is 31.2 Å². The Bertz CT molecular complexity index is 1020. The molecule has 0 N–H and O–H groups in total. The van der Waals surface area contributed by atoms with Gasteiger partial charge in [0.1, 0.15) is 11.6 Å². The topological polar surface area (TPSA) is 61.3 Å². The van der Waals surface area contributed by atoms with E-state index < -0.39 is 11.8 Å². The number of ether oxygens (including phenoxy) is 2. The van der Waals surface area contributed by atoms with E-state index in [9.17, 15) is 9.18 Å². The molecule has 0 spiro atoms. The van der Waals surface area contributed by atoms with Crippen LogP contribution in [-0.4, -0.2) is 22.5 Å². The first kappa shape index (κ1) is 24.4. The van der Waals surface area contributed by atoms with E-state index in [2.05, 4.69) is 35.9 Å². The molecule has 5 nitrogen and oxygen atoms in total. The molecular formula is C27H31FN2O3. The van der Waals surface area contributed by atoms with E-state index in [0.29, 0.717) is 18.2 Å². The summed E-state index contributed by atoms with van der Waals surface area (Å²) in [5.41, 5.74) is 1.97. The van der Waals surface area contributed by atoms with Gasteiger partial charge in [0.05, 0.1) is 24.6 Å². The van der Waals surface area contributed by atoms with Crippen molar-refractivity contribution in [1.29, 1.82) is 0 Å². The van der Waals surface area contributed by atoms with Gasteiger partial charge in [0.2, 0.25) is 0 Å². The molecule has 3 aromatic rings. The minimum absolute atomic E-state index is 0.151. The number of carbonyl (C=O) groups excluding carboxylic acids is 1. The summed E-state index contributed by atoms with van der Waals surface area (Å²) in [4.78, 5) is 20.9. The average Bonchev–Trinajstić information content (AvgIpc) is 2.82. The number of aryl methyl sites for hydroxylation is 1. The van der Waals surface area contributed by atoms with E-state index in [1.54, 1.807) is 6.07 Å². The predicted molar refractivity (Wildman–Crippen MR) is 127 cm³/mol. The van der Waals surface area contributed by atoms with Crippen LogP contribution in [0.25, 0.3) is 11.4 Å². The maximum atomic E-state index is 14.4. The molecule has 0 saturated heterocycles. The van der Waals surface area contributed by atoms with Gasteiger partial charge in [-0.15, -0.1) is 0 Å². The van der Waals surface area contributed by atoms with Crippen LogP contribution in [0.3, 0.4) is 0 Å². The standard InChI is InChI=1S/C27H31FN2O3/c1-3-5-6-7-8-16-32-22-14-15-24(25(28)17-22)27(31)33-23-18-29-26(30-19-23)21-12-10-20(9-4-2)11-13-21/h10-15,17-19H,3-9,16H2,1-2H3. The van der Waals surface area contributed by atoms with Crippen LogP contribution in [0.4, 0.5) is 4.39 Å². The van der Waals surface area contributed by atoms with Crippen molar-refractivity contribution >= 4 is 5.97 Å². The van der Waals surface area contributed by atoms with Gasteiger partial charge in [0.15, 0.2) is 11.6 Å². The quantitative estimate of drug-likeness (QED) is 0.224. The minimum atomic E-state index is -0.807. The Labute approximate surface area is 195 Å². The number of halogens is 1. The van der Waals surface area contributed by atoms with Gasteiger partial charge in [-0.25, -0.2) is 19.2 Å². The molecule has 3 rings (SSSR count). The number of aromatic nitrogens is 2. The largest absolute Gasteiger partial charge is 0.493 e. The van der Waals surface area contributed by atoms with Crippen molar-refractivity contribution in [2.45, 2.75) is 58.8 Å². The summed E-state index contributed by atoms with van der Waals surface area (Å²) in [5, 5.41) is 0. The monoisotopic (exact) mass is 450 g/mol. The first-order chi connectivity index (χ1) is 16.1. The number of hydrogen-bond acceptors (Lipinski definition) is 5. The van der Waals surface area contributed by atoms with Crippen LogP contribution in [0, 0.1) is 5.82 Å². The van der Waals surface area contributed by atoms with Gasteiger partial charge in [-0.3, -0.25) is 0 Å². The Hall–Kier alpha value is -3.28. The molecule has 0 aliphatic heterocycles. The molecule has 0 aliphatic carbocycles. The van der Waals surface area contributed by atoms with Crippen molar-refractivity contribution in [3.05, 3.63) is 71.8 Å². The lowest BCUT2D eigenvalue weighted by atomic mass is 10.1. The molecule has 0 atom stereocenters. The Balaban J connectivity index is 1.55. The number of esters is 1. The molecule has 0 radical (unpaired) electrons. The minimum Gasteiger partial charge on any atom is -0.493 e. The van der Waals surface area contributed by atoms with Crippen LogP contribution in [0.1, 0.15) is 68.3 Å². The van der Waals surface area contributed by atoms with Crippen LogP contribution < -0.4 is 9.47 Å². The molecule has 0 unspecified atom stereocenters. The van der Waals surface area contributed by atoms with Crippen molar-refractivity contribution in [2.24, 2.45) is 0 Å². The zero-order chi connectivity index (χ0) is 23.5. The Morgan fingerprint density at radius 1 is 0.879 bits per heavy atom. The van der Waals surface area contributed by atoms with Crippen LogP contribution in [0.5, 0.6) is 11.5 Å². The Morgan fingerprint density at radius 2 is 1.61 bits per heavy atom. The highest BCUT2D eigenvalue weighted by molar-refractivity contribution is 5.91. The van der Waals surface area contributed by atoms with Gasteiger partial charge in [0, 0.05) is 11.6 Å². The van der Waals surface area contributed by atoms with E-state index in [-0.39, 0.29) is 11.3 Å². The zero-order valence-corrected chi connectivity index (χ0v) is 19.4. The van der Waals surface area contributed by atoms with E-state index >= 15 is 0 Å². The van der Waals surface area contributed by atoms with Crippen LogP contribution in [0.2, 0.25) is 0 Å². The molecule has 6 heteroatoms. The normalized spacial score (nSPS) is 10.8. The van der Waals surface area contributed by atoms with Crippen LogP contribution in [0.15, 0.2) is 54.9 Å². The lowest BCUT2D eigenvalue weighted by molar-refractivity contribution is 0.0728. The van der Waals surface area contributed by atoms with Gasteiger partial charge < -0.3 is 9.47 Å². The fourth-order valence-electron chi connectivity index (χ4n) is 3.44. The van der Waals surface area contributed by atoms with E-state index in [1.165, 1.54) is 49.4 Å². The van der Waals surface area contributed by atoms with Gasteiger partial charge in [-0.05, 0) is 30.5 Å².